The molecule has 1 aromatic rings. The number of carbonyl (C=O) groups excluding carboxylic acids is 1. The fourth-order valence-corrected chi connectivity index (χ4v) is 5.26. The van der Waals surface area contributed by atoms with Crippen LogP contribution >= 0.6 is 0 Å². The maximum absolute atomic E-state index is 14.8. The third-order valence-corrected chi connectivity index (χ3v) is 7.31. The van der Waals surface area contributed by atoms with E-state index in [1.165, 1.54) is 0 Å². The fraction of sp³-hybridized carbons (Fsp3) is 0.524. The molecule has 0 bridgehead atoms. The first-order valence-electron chi connectivity index (χ1n) is 10.5. The van der Waals surface area contributed by atoms with Crippen LogP contribution in [-0.2, 0) is 41.0 Å². The topological polar surface area (TPSA) is 107 Å². The van der Waals surface area contributed by atoms with E-state index in [4.69, 9.17) is 10.1 Å². The molecule has 0 saturated carbocycles. The number of amides is 2. The number of benzene rings is 1. The van der Waals surface area contributed by atoms with E-state index in [1.54, 1.807) is 0 Å². The molecular weight excluding hydrogens is 421 g/mol. The molecular formula is C21H28FN5O3S. The van der Waals surface area contributed by atoms with Gasteiger partial charge in [-0.15, -0.1) is 4.36 Å². The summed E-state index contributed by atoms with van der Waals surface area (Å²) in [6, 6.07) is -0.602. The molecule has 0 radical (unpaired) electrons. The SMILES string of the molecule is CN(C)C1CN/C(=C(\C=N)[SH](=O)=NC(=O)Nc2c3c(c(F)c4c2CCC4)CCC3)OC1. The average Bonchev–Trinajstić information content (AvgIpc) is 3.42. The van der Waals surface area contributed by atoms with Crippen LogP contribution in [0.25, 0.3) is 0 Å². The van der Waals surface area contributed by atoms with Crippen LogP contribution in [0.3, 0.4) is 0 Å². The summed E-state index contributed by atoms with van der Waals surface area (Å²) in [4.78, 5) is 14.7. The molecule has 1 saturated heterocycles. The lowest BCUT2D eigenvalue weighted by Crippen LogP contribution is -2.46. The molecule has 31 heavy (non-hydrogen) atoms. The Hall–Kier alpha value is -2.46. The van der Waals surface area contributed by atoms with E-state index < -0.39 is 16.6 Å². The van der Waals surface area contributed by atoms with Gasteiger partial charge in [-0.1, -0.05) is 0 Å². The Bertz CT molecular complexity index is 1000. The number of nitrogens with one attached hydrogen (secondary N) is 3. The molecule has 4 rings (SSSR count). The quantitative estimate of drug-likeness (QED) is 0.417. The second-order valence-electron chi connectivity index (χ2n) is 8.28. The molecule has 8 nitrogen and oxygen atoms in total. The third-order valence-electron chi connectivity index (χ3n) is 6.21. The van der Waals surface area contributed by atoms with E-state index in [0.29, 0.717) is 55.6 Å². The minimum absolute atomic E-state index is 0.0388. The largest absolute Gasteiger partial charge is 0.477 e. The van der Waals surface area contributed by atoms with E-state index in [2.05, 4.69) is 15.0 Å². The maximum Gasteiger partial charge on any atom is 0.353 e. The van der Waals surface area contributed by atoms with Gasteiger partial charge in [0.05, 0.1) is 16.6 Å². The third kappa shape index (κ3) is 4.18. The smallest absolute Gasteiger partial charge is 0.353 e. The van der Waals surface area contributed by atoms with Crippen molar-refractivity contribution >= 4 is 28.5 Å². The fourth-order valence-electron chi connectivity index (χ4n) is 4.51. The summed E-state index contributed by atoms with van der Waals surface area (Å²) < 4.78 is 36.9. The number of urea groups is 1. The van der Waals surface area contributed by atoms with Crippen molar-refractivity contribution in [3.05, 3.63) is 38.9 Å². The molecule has 2 amide bonds. The molecule has 168 valence electrons. The zero-order valence-electron chi connectivity index (χ0n) is 17.8. The van der Waals surface area contributed by atoms with Crippen molar-refractivity contribution in [2.45, 2.75) is 44.6 Å². The van der Waals surface area contributed by atoms with Gasteiger partial charge < -0.3 is 25.7 Å². The Morgan fingerprint density at radius 3 is 2.35 bits per heavy atom. The molecule has 3 N–H and O–H groups in total. The molecule has 1 fully saturated rings. The second-order valence-corrected chi connectivity index (χ2v) is 9.51. The Balaban J connectivity index is 1.57. The predicted octanol–water partition coefficient (Wildman–Crippen LogP) is 2.37. The monoisotopic (exact) mass is 449 g/mol. The van der Waals surface area contributed by atoms with Crippen molar-refractivity contribution in [1.29, 1.82) is 5.41 Å². The van der Waals surface area contributed by atoms with Crippen LogP contribution in [0.15, 0.2) is 15.2 Å². The van der Waals surface area contributed by atoms with Crippen molar-refractivity contribution in [3.8, 4) is 0 Å². The molecule has 3 aliphatic rings. The Labute approximate surface area is 182 Å². The lowest BCUT2D eigenvalue weighted by molar-refractivity contribution is 0.0829. The average molecular weight is 450 g/mol. The molecule has 1 heterocycles. The molecule has 0 aromatic heterocycles. The van der Waals surface area contributed by atoms with Crippen molar-refractivity contribution in [2.24, 2.45) is 4.36 Å². The second kappa shape index (κ2) is 8.96. The molecule has 0 spiro atoms. The number of hydrogen-bond donors (Lipinski definition) is 4. The van der Waals surface area contributed by atoms with Gasteiger partial charge in [0.25, 0.3) is 0 Å². The van der Waals surface area contributed by atoms with Gasteiger partial charge in [0.15, 0.2) is 0 Å². The van der Waals surface area contributed by atoms with E-state index in [-0.39, 0.29) is 22.6 Å². The van der Waals surface area contributed by atoms with Crippen LogP contribution in [0.5, 0.6) is 0 Å². The van der Waals surface area contributed by atoms with Gasteiger partial charge in [0.2, 0.25) is 5.88 Å². The summed E-state index contributed by atoms with van der Waals surface area (Å²) in [6.45, 7) is 0.957. The lowest BCUT2D eigenvalue weighted by Gasteiger charge is -2.31. The van der Waals surface area contributed by atoms with E-state index in [0.717, 1.165) is 30.2 Å². The first-order chi connectivity index (χ1) is 14.9. The Morgan fingerprint density at radius 2 is 1.84 bits per heavy atom. The van der Waals surface area contributed by atoms with E-state index in [9.17, 15) is 13.4 Å². The number of ether oxygens (including phenoxy) is 1. The summed E-state index contributed by atoms with van der Waals surface area (Å²) in [5, 5.41) is 13.4. The van der Waals surface area contributed by atoms with Gasteiger partial charge in [0.1, 0.15) is 17.3 Å². The number of likely N-dealkylation sites (N-methyl/N-ethyl adjacent to an activating group) is 1. The van der Waals surface area contributed by atoms with Crippen LogP contribution in [0.4, 0.5) is 14.9 Å². The normalized spacial score (nSPS) is 22.4. The van der Waals surface area contributed by atoms with Crippen molar-refractivity contribution < 1.29 is 18.1 Å². The molecule has 2 unspecified atom stereocenters. The number of hydrogen-bond acceptors (Lipinski definition) is 6. The Morgan fingerprint density at radius 1 is 1.23 bits per heavy atom. The van der Waals surface area contributed by atoms with Gasteiger partial charge in [-0.05, 0) is 74.9 Å². The van der Waals surface area contributed by atoms with Crippen molar-refractivity contribution in [3.63, 3.8) is 0 Å². The number of fused-ring (bicyclic) bond motifs is 2. The summed E-state index contributed by atoms with van der Waals surface area (Å²) in [7, 11) is 1.35. The van der Waals surface area contributed by atoms with Crippen molar-refractivity contribution in [1.82, 2.24) is 10.2 Å². The van der Waals surface area contributed by atoms with E-state index in [1.807, 2.05) is 19.0 Å². The summed E-state index contributed by atoms with van der Waals surface area (Å²) in [5.41, 5.74) is 3.71. The minimum atomic E-state index is -2.53. The molecule has 2 aliphatic carbocycles. The highest BCUT2D eigenvalue weighted by atomic mass is 32.2. The number of carbonyl (C=O) groups is 1. The molecule has 1 aliphatic heterocycles. The summed E-state index contributed by atoms with van der Waals surface area (Å²) in [6.07, 6.45) is 5.37. The predicted molar refractivity (Wildman–Crippen MR) is 119 cm³/mol. The zero-order valence-corrected chi connectivity index (χ0v) is 18.7. The van der Waals surface area contributed by atoms with Gasteiger partial charge in [-0.2, -0.15) is 0 Å². The summed E-state index contributed by atoms with van der Waals surface area (Å²) >= 11 is 0. The number of anilines is 1. The number of rotatable bonds is 4. The minimum Gasteiger partial charge on any atom is -0.477 e. The maximum atomic E-state index is 14.8. The Kier molecular flexibility index (Phi) is 6.29. The van der Waals surface area contributed by atoms with Gasteiger partial charge in [-0.25, -0.2) is 13.4 Å². The van der Waals surface area contributed by atoms with Crippen LogP contribution in [0.1, 0.15) is 35.1 Å². The van der Waals surface area contributed by atoms with Crippen LogP contribution < -0.4 is 10.6 Å². The van der Waals surface area contributed by atoms with Gasteiger partial charge in [-0.3, -0.25) is 0 Å². The highest BCUT2D eigenvalue weighted by Gasteiger charge is 2.29. The van der Waals surface area contributed by atoms with Gasteiger partial charge >= 0.3 is 6.03 Å². The molecule has 2 atom stereocenters. The van der Waals surface area contributed by atoms with E-state index >= 15 is 0 Å². The first kappa shape index (κ1) is 21.8. The first-order valence-corrected chi connectivity index (χ1v) is 11.7. The van der Waals surface area contributed by atoms with Crippen LogP contribution in [0.2, 0.25) is 0 Å². The number of halogens is 1. The number of nitrogens with zero attached hydrogens (tertiary/aromatic N) is 2. The molecule has 1 aromatic carbocycles. The zero-order chi connectivity index (χ0) is 22.1. The lowest BCUT2D eigenvalue weighted by atomic mass is 9.98. The van der Waals surface area contributed by atoms with Crippen LogP contribution in [0, 0.1) is 11.2 Å². The van der Waals surface area contributed by atoms with Crippen molar-refractivity contribution in [2.75, 3.05) is 32.6 Å². The highest BCUT2D eigenvalue weighted by molar-refractivity contribution is 7.80. The summed E-state index contributed by atoms with van der Waals surface area (Å²) in [5.74, 6) is 0.0997. The standard InChI is InChI=1S/C21H28FN5O3S/c1-27(2)12-10-24-20(30-11-12)17(9-23)31(29)26-21(28)25-19-15-7-3-5-13(15)18(22)14-6-4-8-16(14)19/h9,12,23-24,31H,3-8,10-11H2,1-2H3,(H,25,28)/b20-17-,23-9?. The molecule has 10 heteroatoms. The van der Waals surface area contributed by atoms with Crippen LogP contribution in [-0.4, -0.2) is 54.6 Å². The van der Waals surface area contributed by atoms with Gasteiger partial charge in [0, 0.05) is 18.4 Å². The highest BCUT2D eigenvalue weighted by Crippen LogP contribution is 2.41. The number of allylic oxidation sites excluding steroid dienone is 1. The number of thiol groups is 1.